The van der Waals surface area contributed by atoms with Crippen LogP contribution in [0.3, 0.4) is 0 Å². The number of carbonyl (C=O) groups is 2. The smallest absolute Gasteiger partial charge is 0.407 e. The number of hydrogen-bond donors (Lipinski definition) is 2. The molecule has 2 N–H and O–H groups in total. The Labute approximate surface area is 194 Å². The molecule has 0 bridgehead atoms. The Balaban J connectivity index is 1.45. The molecule has 0 saturated heterocycles. The van der Waals surface area contributed by atoms with E-state index in [9.17, 15) is 14.7 Å². The average Bonchev–Trinajstić information content (AvgIpc) is 3.12. The number of amides is 1. The Bertz CT molecular complexity index is 855. The minimum atomic E-state index is -1.03. The molecule has 5 nitrogen and oxygen atoms in total. The van der Waals surface area contributed by atoms with Crippen molar-refractivity contribution in [2.45, 2.75) is 57.4 Å². The first-order valence-corrected chi connectivity index (χ1v) is 12.7. The first-order valence-electron chi connectivity index (χ1n) is 11.5. The van der Waals surface area contributed by atoms with Crippen molar-refractivity contribution in [3.8, 4) is 11.1 Å². The van der Waals surface area contributed by atoms with Gasteiger partial charge in [0.15, 0.2) is 0 Å². The van der Waals surface area contributed by atoms with E-state index in [0.29, 0.717) is 5.75 Å². The molecular formula is C26H33NO4S. The number of unbranched alkanes of at least 4 members (excludes halogenated alkanes) is 5. The molecule has 0 saturated carbocycles. The van der Waals surface area contributed by atoms with Gasteiger partial charge in [-0.3, -0.25) is 0 Å². The monoisotopic (exact) mass is 455 g/mol. The highest BCUT2D eigenvalue weighted by Gasteiger charge is 2.29. The van der Waals surface area contributed by atoms with Crippen molar-refractivity contribution in [2.75, 3.05) is 18.1 Å². The Hall–Kier alpha value is -2.47. The van der Waals surface area contributed by atoms with Crippen LogP contribution in [0.25, 0.3) is 11.1 Å². The minimum absolute atomic E-state index is 0.0430. The van der Waals surface area contributed by atoms with Crippen LogP contribution in [-0.2, 0) is 9.53 Å². The van der Waals surface area contributed by atoms with Crippen LogP contribution < -0.4 is 5.32 Å². The standard InChI is InChI=1S/C26H33NO4S/c1-2-3-4-5-6-11-16-32-18-24(25(28)29)27-26(30)31-17-23-21-14-9-7-12-19(21)20-13-8-10-15-22(20)23/h7-10,12-15,23-24H,2-6,11,16-18H2,1H3,(H,27,30)(H,28,29)/t24-/m0/s1. The number of benzene rings is 2. The summed E-state index contributed by atoms with van der Waals surface area (Å²) in [6, 6.07) is 15.3. The van der Waals surface area contributed by atoms with Gasteiger partial charge < -0.3 is 15.2 Å². The molecule has 1 aliphatic rings. The largest absolute Gasteiger partial charge is 0.480 e. The summed E-state index contributed by atoms with van der Waals surface area (Å²) < 4.78 is 5.48. The first kappa shape index (κ1) is 24.2. The second kappa shape index (κ2) is 12.5. The zero-order valence-corrected chi connectivity index (χ0v) is 19.5. The Morgan fingerprint density at radius 3 is 2.19 bits per heavy atom. The maximum atomic E-state index is 12.4. The third-order valence-electron chi connectivity index (χ3n) is 5.86. The van der Waals surface area contributed by atoms with E-state index < -0.39 is 18.1 Å². The number of carboxylic acids is 1. The van der Waals surface area contributed by atoms with E-state index >= 15 is 0 Å². The predicted octanol–water partition coefficient (Wildman–Crippen LogP) is 6.07. The summed E-state index contributed by atoms with van der Waals surface area (Å²) in [5.74, 6) is 0.170. The van der Waals surface area contributed by atoms with Gasteiger partial charge in [-0.25, -0.2) is 9.59 Å². The number of fused-ring (bicyclic) bond motifs is 3. The molecule has 1 aliphatic carbocycles. The topological polar surface area (TPSA) is 75.6 Å². The SMILES string of the molecule is CCCCCCCCSC[C@H](NC(=O)OCC1c2ccccc2-c2ccccc21)C(=O)O. The van der Waals surface area contributed by atoms with E-state index in [1.807, 2.05) is 24.3 Å². The third-order valence-corrected chi connectivity index (χ3v) is 7.01. The van der Waals surface area contributed by atoms with E-state index in [1.165, 1.54) is 32.1 Å². The van der Waals surface area contributed by atoms with Crippen molar-refractivity contribution in [2.24, 2.45) is 0 Å². The van der Waals surface area contributed by atoms with Crippen LogP contribution in [0.15, 0.2) is 48.5 Å². The van der Waals surface area contributed by atoms with Crippen molar-refractivity contribution in [1.82, 2.24) is 5.32 Å². The Morgan fingerprint density at radius 2 is 1.56 bits per heavy atom. The van der Waals surface area contributed by atoms with Crippen LogP contribution in [-0.4, -0.2) is 41.3 Å². The zero-order valence-electron chi connectivity index (χ0n) is 18.7. The molecule has 3 rings (SSSR count). The van der Waals surface area contributed by atoms with E-state index in [-0.39, 0.29) is 12.5 Å². The summed E-state index contributed by atoms with van der Waals surface area (Å²) in [5, 5.41) is 12.0. The van der Waals surface area contributed by atoms with Crippen LogP contribution in [0, 0.1) is 0 Å². The van der Waals surface area contributed by atoms with Crippen LogP contribution in [0.4, 0.5) is 4.79 Å². The van der Waals surface area contributed by atoms with Gasteiger partial charge in [-0.05, 0) is 34.4 Å². The van der Waals surface area contributed by atoms with Gasteiger partial charge in [0.05, 0.1) is 0 Å². The quantitative estimate of drug-likeness (QED) is 0.358. The second-order valence-electron chi connectivity index (χ2n) is 8.20. The summed E-state index contributed by atoms with van der Waals surface area (Å²) in [4.78, 5) is 23.9. The molecule has 2 aromatic carbocycles. The number of nitrogens with one attached hydrogen (secondary N) is 1. The highest BCUT2D eigenvalue weighted by Crippen LogP contribution is 2.44. The molecule has 0 heterocycles. The second-order valence-corrected chi connectivity index (χ2v) is 9.35. The van der Waals surface area contributed by atoms with E-state index in [2.05, 4.69) is 36.5 Å². The van der Waals surface area contributed by atoms with E-state index in [4.69, 9.17) is 4.74 Å². The summed E-state index contributed by atoms with van der Waals surface area (Å²) in [5.41, 5.74) is 4.58. The lowest BCUT2D eigenvalue weighted by molar-refractivity contribution is -0.138. The van der Waals surface area contributed by atoms with Gasteiger partial charge in [0.1, 0.15) is 12.6 Å². The van der Waals surface area contributed by atoms with Crippen molar-refractivity contribution in [3.63, 3.8) is 0 Å². The summed E-state index contributed by atoms with van der Waals surface area (Å²) >= 11 is 1.57. The number of ether oxygens (including phenoxy) is 1. The maximum Gasteiger partial charge on any atom is 0.407 e. The molecule has 6 heteroatoms. The summed E-state index contributed by atoms with van der Waals surface area (Å²) in [6.07, 6.45) is 6.57. The molecule has 172 valence electrons. The van der Waals surface area contributed by atoms with Crippen molar-refractivity contribution < 1.29 is 19.4 Å². The lowest BCUT2D eigenvalue weighted by atomic mass is 9.98. The molecule has 2 aromatic rings. The van der Waals surface area contributed by atoms with Crippen molar-refractivity contribution >= 4 is 23.8 Å². The van der Waals surface area contributed by atoms with Crippen LogP contribution in [0.1, 0.15) is 62.5 Å². The number of thioether (sulfide) groups is 1. The molecule has 0 radical (unpaired) electrons. The van der Waals surface area contributed by atoms with E-state index in [0.717, 1.165) is 34.4 Å². The lowest BCUT2D eigenvalue weighted by Gasteiger charge is -2.17. The van der Waals surface area contributed by atoms with Gasteiger partial charge in [0.2, 0.25) is 0 Å². The van der Waals surface area contributed by atoms with Gasteiger partial charge in [0, 0.05) is 11.7 Å². The van der Waals surface area contributed by atoms with Gasteiger partial charge >= 0.3 is 12.1 Å². The van der Waals surface area contributed by atoms with Crippen LogP contribution in [0.2, 0.25) is 0 Å². The summed E-state index contributed by atoms with van der Waals surface area (Å²) in [6.45, 7) is 2.38. The number of hydrogen-bond acceptors (Lipinski definition) is 4. The van der Waals surface area contributed by atoms with Crippen molar-refractivity contribution in [1.29, 1.82) is 0 Å². The number of carbonyl (C=O) groups excluding carboxylic acids is 1. The molecule has 0 aromatic heterocycles. The van der Waals surface area contributed by atoms with Gasteiger partial charge in [-0.15, -0.1) is 0 Å². The number of alkyl carbamates (subject to hydrolysis) is 1. The lowest BCUT2D eigenvalue weighted by Crippen LogP contribution is -2.43. The molecule has 0 aliphatic heterocycles. The number of aliphatic carboxylic acids is 1. The maximum absolute atomic E-state index is 12.4. The molecule has 1 atom stereocenters. The van der Waals surface area contributed by atoms with E-state index in [1.54, 1.807) is 11.8 Å². The molecule has 0 unspecified atom stereocenters. The molecular weight excluding hydrogens is 422 g/mol. The zero-order chi connectivity index (χ0) is 22.8. The van der Waals surface area contributed by atoms with Gasteiger partial charge in [0.25, 0.3) is 0 Å². The van der Waals surface area contributed by atoms with Crippen LogP contribution >= 0.6 is 11.8 Å². The molecule has 1 amide bonds. The fourth-order valence-corrected chi connectivity index (χ4v) is 5.18. The Kier molecular flexibility index (Phi) is 9.47. The molecule has 0 spiro atoms. The van der Waals surface area contributed by atoms with Gasteiger partial charge in [-0.1, -0.05) is 87.6 Å². The number of carboxylic acid groups (broad SMARTS) is 1. The number of rotatable bonds is 13. The highest BCUT2D eigenvalue weighted by atomic mass is 32.2. The molecule has 32 heavy (non-hydrogen) atoms. The van der Waals surface area contributed by atoms with Gasteiger partial charge in [-0.2, -0.15) is 11.8 Å². The fraction of sp³-hybridized carbons (Fsp3) is 0.462. The normalized spacial score (nSPS) is 13.3. The summed E-state index contributed by atoms with van der Waals surface area (Å²) in [7, 11) is 0. The average molecular weight is 456 g/mol. The van der Waals surface area contributed by atoms with Crippen LogP contribution in [0.5, 0.6) is 0 Å². The minimum Gasteiger partial charge on any atom is -0.480 e. The molecule has 0 fully saturated rings. The van der Waals surface area contributed by atoms with Crippen molar-refractivity contribution in [3.05, 3.63) is 59.7 Å². The third kappa shape index (κ3) is 6.52. The highest BCUT2D eigenvalue weighted by molar-refractivity contribution is 7.99. The first-order chi connectivity index (χ1) is 15.6. The predicted molar refractivity (Wildman–Crippen MR) is 130 cm³/mol. The fourth-order valence-electron chi connectivity index (χ4n) is 4.14. The Morgan fingerprint density at radius 1 is 0.969 bits per heavy atom.